The number of aromatic nitrogens is 1. The highest BCUT2D eigenvalue weighted by molar-refractivity contribution is 6.35. The molecule has 0 aliphatic rings. The van der Waals surface area contributed by atoms with E-state index in [1.54, 1.807) is 0 Å². The number of aryl methyl sites for hydroxylation is 1. The van der Waals surface area contributed by atoms with Crippen LogP contribution < -0.4 is 0 Å². The molecule has 0 N–H and O–H groups in total. The number of Topliss-reactive ketones (excluding diaryl/α,β-unsaturated/α-hetero) is 2. The summed E-state index contributed by atoms with van der Waals surface area (Å²) in [6.45, 7) is 6.17. The molecule has 0 bridgehead atoms. The molecular weight excluding hydrogens is 322 g/mol. The molecule has 0 radical (unpaired) electrons. The normalized spacial score (nSPS) is 12.5. The second kappa shape index (κ2) is 7.98. The Kier molecular flexibility index (Phi) is 6.22. The van der Waals surface area contributed by atoms with Crippen molar-refractivity contribution in [2.24, 2.45) is 13.0 Å². The third-order valence-corrected chi connectivity index (χ3v) is 5.07. The molecule has 2 rings (SSSR count). The quantitative estimate of drug-likeness (QED) is 0.603. The topological polar surface area (TPSA) is 39.1 Å². The van der Waals surface area contributed by atoms with E-state index in [0.717, 1.165) is 29.3 Å². The lowest BCUT2D eigenvalue weighted by Crippen LogP contribution is -2.07. The van der Waals surface area contributed by atoms with Gasteiger partial charge in [0.15, 0.2) is 5.78 Å². The smallest absolute Gasteiger partial charge is 0.179 e. The Bertz CT molecular complexity index is 761. The maximum Gasteiger partial charge on any atom is 0.179 e. The lowest BCUT2D eigenvalue weighted by atomic mass is 10.00. The van der Waals surface area contributed by atoms with Gasteiger partial charge in [-0.15, -0.1) is 0 Å². The Hall–Kier alpha value is -1.61. The first-order valence-electron chi connectivity index (χ1n) is 8.70. The summed E-state index contributed by atoms with van der Waals surface area (Å²) in [6.07, 6.45) is 3.45. The molecule has 1 atom stereocenters. The van der Waals surface area contributed by atoms with Crippen LogP contribution in [0.4, 0.5) is 0 Å². The van der Waals surface area contributed by atoms with Gasteiger partial charge in [-0.2, -0.15) is 0 Å². The second-order valence-electron chi connectivity index (χ2n) is 6.65. The van der Waals surface area contributed by atoms with Crippen LogP contribution in [0.25, 0.3) is 10.9 Å². The van der Waals surface area contributed by atoms with Crippen molar-refractivity contribution < 1.29 is 9.59 Å². The molecule has 0 spiro atoms. The van der Waals surface area contributed by atoms with Crippen LogP contribution in [-0.2, 0) is 18.3 Å². The zero-order valence-electron chi connectivity index (χ0n) is 15.0. The van der Waals surface area contributed by atoms with E-state index >= 15 is 0 Å². The van der Waals surface area contributed by atoms with E-state index in [-0.39, 0.29) is 11.6 Å². The van der Waals surface area contributed by atoms with Gasteiger partial charge in [0, 0.05) is 31.7 Å². The van der Waals surface area contributed by atoms with Crippen LogP contribution in [0, 0.1) is 5.92 Å². The number of benzene rings is 1. The summed E-state index contributed by atoms with van der Waals surface area (Å²) in [5, 5.41) is 1.52. The number of halogens is 1. The van der Waals surface area contributed by atoms with Crippen molar-refractivity contribution in [3.8, 4) is 0 Å². The number of fused-ring (bicyclic) bond motifs is 1. The first-order chi connectivity index (χ1) is 11.4. The molecular formula is C20H26ClNO2. The second-order valence-corrected chi connectivity index (χ2v) is 7.06. The summed E-state index contributed by atoms with van der Waals surface area (Å²) in [7, 11) is 1.88. The molecule has 1 aromatic heterocycles. The van der Waals surface area contributed by atoms with Crippen LogP contribution in [0.1, 0.15) is 62.5 Å². The average Bonchev–Trinajstić information content (AvgIpc) is 2.89. The monoisotopic (exact) mass is 347 g/mol. The van der Waals surface area contributed by atoms with Gasteiger partial charge in [0.05, 0.1) is 16.2 Å². The van der Waals surface area contributed by atoms with Gasteiger partial charge in [0.1, 0.15) is 5.78 Å². The summed E-state index contributed by atoms with van der Waals surface area (Å²) >= 11 is 6.42. The van der Waals surface area contributed by atoms with E-state index in [2.05, 4.69) is 13.8 Å². The molecule has 0 saturated heterocycles. The van der Waals surface area contributed by atoms with E-state index in [1.807, 2.05) is 36.7 Å². The highest BCUT2D eigenvalue weighted by Crippen LogP contribution is 2.29. The fraction of sp³-hybridized carbons (Fsp3) is 0.500. The Balaban J connectivity index is 2.33. The first kappa shape index (κ1) is 18.7. The van der Waals surface area contributed by atoms with Crippen molar-refractivity contribution in [1.82, 2.24) is 4.57 Å². The van der Waals surface area contributed by atoms with Gasteiger partial charge in [-0.3, -0.25) is 9.59 Å². The molecule has 130 valence electrons. The SMILES string of the molecule is CCC(=O)Cc1cc(Cl)c2c(c1)cc(C(=O)CCC(C)CC)n2C. The van der Waals surface area contributed by atoms with Crippen molar-refractivity contribution in [2.75, 3.05) is 0 Å². The lowest BCUT2D eigenvalue weighted by molar-refractivity contribution is -0.118. The van der Waals surface area contributed by atoms with Crippen molar-refractivity contribution in [3.63, 3.8) is 0 Å². The van der Waals surface area contributed by atoms with Crippen molar-refractivity contribution in [1.29, 1.82) is 0 Å². The zero-order valence-corrected chi connectivity index (χ0v) is 15.7. The van der Waals surface area contributed by atoms with E-state index in [4.69, 9.17) is 11.6 Å². The van der Waals surface area contributed by atoms with Crippen LogP contribution in [0.5, 0.6) is 0 Å². The van der Waals surface area contributed by atoms with Gasteiger partial charge in [0.2, 0.25) is 0 Å². The van der Waals surface area contributed by atoms with Crippen molar-refractivity contribution >= 4 is 34.1 Å². The van der Waals surface area contributed by atoms with E-state index in [0.29, 0.717) is 35.9 Å². The molecule has 0 fully saturated rings. The molecule has 3 nitrogen and oxygen atoms in total. The Morgan fingerprint density at radius 1 is 1.21 bits per heavy atom. The summed E-state index contributed by atoms with van der Waals surface area (Å²) in [5.41, 5.74) is 2.45. The Morgan fingerprint density at radius 3 is 2.54 bits per heavy atom. The van der Waals surface area contributed by atoms with E-state index in [9.17, 15) is 9.59 Å². The summed E-state index contributed by atoms with van der Waals surface area (Å²) in [6, 6.07) is 5.71. The minimum absolute atomic E-state index is 0.149. The molecule has 1 heterocycles. The molecule has 1 aromatic carbocycles. The predicted octanol–water partition coefficient (Wildman–Crippen LogP) is 5.36. The molecule has 0 aliphatic carbocycles. The fourth-order valence-electron chi connectivity index (χ4n) is 2.94. The van der Waals surface area contributed by atoms with Gasteiger partial charge in [0.25, 0.3) is 0 Å². The maximum absolute atomic E-state index is 12.6. The van der Waals surface area contributed by atoms with Gasteiger partial charge < -0.3 is 4.57 Å². The lowest BCUT2D eigenvalue weighted by Gasteiger charge is -2.08. The van der Waals surface area contributed by atoms with Crippen molar-refractivity contribution in [3.05, 3.63) is 34.5 Å². The number of hydrogen-bond donors (Lipinski definition) is 0. The standard InChI is InChI=1S/C20H26ClNO2/c1-5-13(3)7-8-19(24)18-12-15-9-14(10-16(23)6-2)11-17(21)20(15)22(18)4/h9,11-13H,5-8,10H2,1-4H3. The van der Waals surface area contributed by atoms with Crippen LogP contribution in [0.15, 0.2) is 18.2 Å². The van der Waals surface area contributed by atoms with Gasteiger partial charge in [-0.1, -0.05) is 38.8 Å². The highest BCUT2D eigenvalue weighted by Gasteiger charge is 2.17. The third-order valence-electron chi connectivity index (χ3n) is 4.78. The molecule has 1 unspecified atom stereocenters. The molecule has 2 aromatic rings. The number of hydrogen-bond acceptors (Lipinski definition) is 2. The van der Waals surface area contributed by atoms with E-state index in [1.165, 1.54) is 0 Å². The van der Waals surface area contributed by atoms with Gasteiger partial charge >= 0.3 is 0 Å². The first-order valence-corrected chi connectivity index (χ1v) is 9.07. The van der Waals surface area contributed by atoms with Crippen molar-refractivity contribution in [2.45, 2.75) is 52.9 Å². The zero-order chi connectivity index (χ0) is 17.9. The Morgan fingerprint density at radius 2 is 1.92 bits per heavy atom. The molecule has 0 saturated carbocycles. The van der Waals surface area contributed by atoms with Gasteiger partial charge in [-0.05, 0) is 36.1 Å². The number of carbonyl (C=O) groups is 2. The number of nitrogens with zero attached hydrogens (tertiary/aromatic N) is 1. The number of carbonyl (C=O) groups excluding carboxylic acids is 2. The van der Waals surface area contributed by atoms with E-state index < -0.39 is 0 Å². The number of rotatable bonds is 8. The summed E-state index contributed by atoms with van der Waals surface area (Å²) in [5.74, 6) is 0.890. The average molecular weight is 348 g/mol. The molecule has 0 aliphatic heterocycles. The maximum atomic E-state index is 12.6. The van der Waals surface area contributed by atoms with Crippen LogP contribution in [0.3, 0.4) is 0 Å². The largest absolute Gasteiger partial charge is 0.340 e. The van der Waals surface area contributed by atoms with Crippen LogP contribution >= 0.6 is 11.6 Å². The van der Waals surface area contributed by atoms with Gasteiger partial charge in [-0.25, -0.2) is 0 Å². The predicted molar refractivity (Wildman–Crippen MR) is 100.0 cm³/mol. The summed E-state index contributed by atoms with van der Waals surface area (Å²) < 4.78 is 1.88. The minimum atomic E-state index is 0.149. The fourth-order valence-corrected chi connectivity index (χ4v) is 3.32. The summed E-state index contributed by atoms with van der Waals surface area (Å²) in [4.78, 5) is 24.2. The van der Waals surface area contributed by atoms with Crippen LogP contribution in [0.2, 0.25) is 5.02 Å². The molecule has 24 heavy (non-hydrogen) atoms. The highest BCUT2D eigenvalue weighted by atomic mass is 35.5. The minimum Gasteiger partial charge on any atom is -0.340 e. The molecule has 0 amide bonds. The number of ketones is 2. The molecule has 4 heteroatoms. The van der Waals surface area contributed by atoms with Crippen LogP contribution in [-0.4, -0.2) is 16.1 Å². The third kappa shape index (κ3) is 4.07. The Labute approximate surface area is 149 Å².